The van der Waals surface area contributed by atoms with E-state index in [9.17, 15) is 9.59 Å². The van der Waals surface area contributed by atoms with Crippen LogP contribution in [0.2, 0.25) is 0 Å². The van der Waals surface area contributed by atoms with E-state index in [2.05, 4.69) is 29.4 Å². The highest BCUT2D eigenvalue weighted by atomic mass is 16.5. The lowest BCUT2D eigenvalue weighted by molar-refractivity contribution is -0.136. The van der Waals surface area contributed by atoms with Gasteiger partial charge in [0, 0.05) is 31.9 Å². The number of hydrogen-bond acceptors (Lipinski definition) is 4. The molecule has 0 spiro atoms. The molecule has 0 aliphatic carbocycles. The van der Waals surface area contributed by atoms with Crippen molar-refractivity contribution < 1.29 is 14.3 Å². The Labute approximate surface area is 149 Å². The molecule has 138 valence electrons. The van der Waals surface area contributed by atoms with Crippen molar-refractivity contribution in [1.29, 1.82) is 0 Å². The van der Waals surface area contributed by atoms with Crippen LogP contribution in [0.1, 0.15) is 38.2 Å². The lowest BCUT2D eigenvalue weighted by Crippen LogP contribution is -2.50. The summed E-state index contributed by atoms with van der Waals surface area (Å²) in [5.41, 5.74) is 1.77. The van der Waals surface area contributed by atoms with Gasteiger partial charge in [-0.05, 0) is 43.0 Å². The summed E-state index contributed by atoms with van der Waals surface area (Å²) in [7, 11) is 1.68. The topological polar surface area (TPSA) is 70.7 Å². The van der Waals surface area contributed by atoms with Crippen LogP contribution in [-0.4, -0.2) is 56.1 Å². The molecule has 1 fully saturated rings. The molecule has 0 radical (unpaired) electrons. The van der Waals surface area contributed by atoms with Gasteiger partial charge in [0.1, 0.15) is 0 Å². The lowest BCUT2D eigenvalue weighted by Gasteiger charge is -2.32. The minimum atomic E-state index is -0.616. The highest BCUT2D eigenvalue weighted by Gasteiger charge is 2.24. The van der Waals surface area contributed by atoms with Gasteiger partial charge in [0.25, 0.3) is 0 Å². The molecule has 2 N–H and O–H groups in total. The second kappa shape index (κ2) is 9.53. The molecule has 1 aromatic rings. The summed E-state index contributed by atoms with van der Waals surface area (Å²) in [6.07, 6.45) is 1.90. The smallest absolute Gasteiger partial charge is 0.313 e. The molecule has 0 aromatic heterocycles. The number of benzene rings is 1. The molecular weight excluding hydrogens is 318 g/mol. The van der Waals surface area contributed by atoms with E-state index in [0.29, 0.717) is 18.2 Å². The van der Waals surface area contributed by atoms with Gasteiger partial charge < -0.3 is 15.4 Å². The minimum Gasteiger partial charge on any atom is -0.383 e. The van der Waals surface area contributed by atoms with Gasteiger partial charge in [0.05, 0.1) is 6.61 Å². The zero-order valence-electron chi connectivity index (χ0n) is 15.4. The van der Waals surface area contributed by atoms with Crippen molar-refractivity contribution in [1.82, 2.24) is 10.2 Å². The predicted molar refractivity (Wildman–Crippen MR) is 98.6 cm³/mol. The van der Waals surface area contributed by atoms with Gasteiger partial charge in [0.2, 0.25) is 0 Å². The van der Waals surface area contributed by atoms with Crippen LogP contribution < -0.4 is 10.6 Å². The number of carbonyl (C=O) groups excluding carboxylic acids is 2. The van der Waals surface area contributed by atoms with E-state index < -0.39 is 11.8 Å². The maximum atomic E-state index is 12.2. The third-order valence-corrected chi connectivity index (χ3v) is 4.47. The molecule has 0 saturated carbocycles. The van der Waals surface area contributed by atoms with Crippen LogP contribution in [0, 0.1) is 0 Å². The van der Waals surface area contributed by atoms with Crippen molar-refractivity contribution in [2.75, 3.05) is 38.7 Å². The molecule has 2 rings (SSSR count). The second-order valence-corrected chi connectivity index (χ2v) is 6.84. The van der Waals surface area contributed by atoms with Crippen LogP contribution in [0.25, 0.3) is 0 Å². The number of carbonyl (C=O) groups is 2. The number of ether oxygens (including phenoxy) is 1. The SMILES string of the molecule is COCCN1CCCC(NC(=O)C(=O)Nc2cccc(C(C)C)c2)C1. The van der Waals surface area contributed by atoms with Crippen molar-refractivity contribution in [2.45, 2.75) is 38.6 Å². The van der Waals surface area contributed by atoms with Crippen LogP contribution in [-0.2, 0) is 14.3 Å². The van der Waals surface area contributed by atoms with E-state index in [1.165, 1.54) is 0 Å². The van der Waals surface area contributed by atoms with Gasteiger partial charge in [-0.2, -0.15) is 0 Å². The first-order chi connectivity index (χ1) is 12.0. The molecule has 6 nitrogen and oxygen atoms in total. The van der Waals surface area contributed by atoms with E-state index in [-0.39, 0.29) is 6.04 Å². The highest BCUT2D eigenvalue weighted by molar-refractivity contribution is 6.39. The molecule has 1 aromatic carbocycles. The first-order valence-corrected chi connectivity index (χ1v) is 8.92. The van der Waals surface area contributed by atoms with Crippen LogP contribution in [0.4, 0.5) is 5.69 Å². The van der Waals surface area contributed by atoms with Gasteiger partial charge in [-0.15, -0.1) is 0 Å². The van der Waals surface area contributed by atoms with Crippen molar-refractivity contribution in [2.24, 2.45) is 0 Å². The highest BCUT2D eigenvalue weighted by Crippen LogP contribution is 2.18. The predicted octanol–water partition coefficient (Wildman–Crippen LogP) is 1.98. The number of piperidine rings is 1. The number of likely N-dealkylation sites (tertiary alicyclic amines) is 1. The molecule has 1 aliphatic rings. The number of anilines is 1. The van der Waals surface area contributed by atoms with Crippen LogP contribution in [0.15, 0.2) is 24.3 Å². The first-order valence-electron chi connectivity index (χ1n) is 8.92. The molecule has 2 amide bonds. The van der Waals surface area contributed by atoms with Crippen LogP contribution in [0.5, 0.6) is 0 Å². The Morgan fingerprint density at radius 3 is 2.84 bits per heavy atom. The summed E-state index contributed by atoms with van der Waals surface area (Å²) in [5, 5.41) is 5.54. The number of nitrogens with one attached hydrogen (secondary N) is 2. The third-order valence-electron chi connectivity index (χ3n) is 4.47. The molecule has 1 saturated heterocycles. The van der Waals surface area contributed by atoms with E-state index in [0.717, 1.165) is 38.0 Å². The second-order valence-electron chi connectivity index (χ2n) is 6.84. The average molecular weight is 347 g/mol. The summed E-state index contributed by atoms with van der Waals surface area (Å²) in [6.45, 7) is 7.46. The average Bonchev–Trinajstić information content (AvgIpc) is 2.60. The van der Waals surface area contributed by atoms with Crippen molar-refractivity contribution in [3.8, 4) is 0 Å². The Balaban J connectivity index is 1.85. The maximum Gasteiger partial charge on any atom is 0.313 e. The Morgan fingerprint density at radius 1 is 1.32 bits per heavy atom. The number of amides is 2. The maximum absolute atomic E-state index is 12.2. The molecule has 1 heterocycles. The summed E-state index contributed by atoms with van der Waals surface area (Å²) in [4.78, 5) is 26.6. The fourth-order valence-electron chi connectivity index (χ4n) is 3.01. The number of methoxy groups -OCH3 is 1. The molecular formula is C19H29N3O3. The van der Waals surface area contributed by atoms with Gasteiger partial charge in [-0.3, -0.25) is 14.5 Å². The number of nitrogens with zero attached hydrogens (tertiary/aromatic N) is 1. The molecule has 1 aliphatic heterocycles. The standard InChI is InChI=1S/C19H29N3O3/c1-14(2)15-6-4-7-16(12-15)20-18(23)19(24)21-17-8-5-9-22(13-17)10-11-25-3/h4,6-7,12,14,17H,5,8-11,13H2,1-3H3,(H,20,23)(H,21,24). The molecule has 1 atom stereocenters. The third kappa shape index (κ3) is 6.14. The Bertz CT molecular complexity index is 589. The quantitative estimate of drug-likeness (QED) is 0.772. The molecule has 0 bridgehead atoms. The van der Waals surface area contributed by atoms with Gasteiger partial charge >= 0.3 is 11.8 Å². The van der Waals surface area contributed by atoms with Gasteiger partial charge in [0.15, 0.2) is 0 Å². The van der Waals surface area contributed by atoms with Crippen molar-refractivity contribution in [3.05, 3.63) is 29.8 Å². The van der Waals surface area contributed by atoms with Crippen LogP contribution >= 0.6 is 0 Å². The van der Waals surface area contributed by atoms with Gasteiger partial charge in [-0.1, -0.05) is 26.0 Å². The van der Waals surface area contributed by atoms with Crippen molar-refractivity contribution >= 4 is 17.5 Å². The normalized spacial score (nSPS) is 18.2. The van der Waals surface area contributed by atoms with Gasteiger partial charge in [-0.25, -0.2) is 0 Å². The summed E-state index contributed by atoms with van der Waals surface area (Å²) < 4.78 is 5.10. The van der Waals surface area contributed by atoms with E-state index >= 15 is 0 Å². The van der Waals surface area contributed by atoms with E-state index in [1.807, 2.05) is 18.2 Å². The minimum absolute atomic E-state index is 0.00542. The largest absolute Gasteiger partial charge is 0.383 e. The number of rotatable bonds is 6. The summed E-state index contributed by atoms with van der Waals surface area (Å²) in [5.74, 6) is -0.825. The zero-order valence-corrected chi connectivity index (χ0v) is 15.4. The molecule has 6 heteroatoms. The fourth-order valence-corrected chi connectivity index (χ4v) is 3.01. The lowest BCUT2D eigenvalue weighted by atomic mass is 10.0. The molecule has 25 heavy (non-hydrogen) atoms. The monoisotopic (exact) mass is 347 g/mol. The van der Waals surface area contributed by atoms with E-state index in [1.54, 1.807) is 13.2 Å². The molecule has 1 unspecified atom stereocenters. The summed E-state index contributed by atoms with van der Waals surface area (Å²) >= 11 is 0. The Morgan fingerprint density at radius 2 is 2.12 bits per heavy atom. The van der Waals surface area contributed by atoms with Crippen LogP contribution in [0.3, 0.4) is 0 Å². The first kappa shape index (κ1) is 19.4. The Hall–Kier alpha value is -1.92. The van der Waals surface area contributed by atoms with Crippen molar-refractivity contribution in [3.63, 3.8) is 0 Å². The Kier molecular flexibility index (Phi) is 7.40. The zero-order chi connectivity index (χ0) is 18.2. The van der Waals surface area contributed by atoms with E-state index in [4.69, 9.17) is 4.74 Å². The fraction of sp³-hybridized carbons (Fsp3) is 0.579. The summed E-state index contributed by atoms with van der Waals surface area (Å²) in [6, 6.07) is 7.60. The number of hydrogen-bond donors (Lipinski definition) is 2.